The first kappa shape index (κ1) is 23.0. The van der Waals surface area contributed by atoms with Crippen LogP contribution in [-0.2, 0) is 14.3 Å². The van der Waals surface area contributed by atoms with E-state index >= 15 is 0 Å². The van der Waals surface area contributed by atoms with E-state index in [1.165, 1.54) is 6.42 Å². The second-order valence-corrected chi connectivity index (χ2v) is 9.78. The summed E-state index contributed by atoms with van der Waals surface area (Å²) in [7, 11) is 0. The number of hydrogen-bond donors (Lipinski definition) is 0. The highest BCUT2D eigenvalue weighted by atomic mass is 16.5. The second-order valence-electron chi connectivity index (χ2n) is 9.78. The Balaban J connectivity index is 1.79. The number of allylic oxidation sites excluding steroid dienone is 2. The number of likely N-dealkylation sites (tertiary alicyclic amines) is 1. The van der Waals surface area contributed by atoms with Crippen molar-refractivity contribution >= 4 is 11.6 Å². The van der Waals surface area contributed by atoms with Gasteiger partial charge in [-0.25, -0.2) is 0 Å². The molecular formula is C23H38N2O3. The van der Waals surface area contributed by atoms with E-state index in [-0.39, 0.29) is 23.1 Å². The van der Waals surface area contributed by atoms with Gasteiger partial charge in [0.05, 0.1) is 12.7 Å². The lowest BCUT2D eigenvalue weighted by Gasteiger charge is -2.36. The predicted octanol–water partition coefficient (Wildman–Crippen LogP) is 3.11. The van der Waals surface area contributed by atoms with Crippen LogP contribution in [0.25, 0.3) is 0 Å². The zero-order valence-electron chi connectivity index (χ0n) is 18.4. The van der Waals surface area contributed by atoms with Crippen LogP contribution in [0.3, 0.4) is 0 Å². The maximum Gasteiger partial charge on any atom is 0.161 e. The molecule has 0 aromatic carbocycles. The Morgan fingerprint density at radius 1 is 0.929 bits per heavy atom. The first-order chi connectivity index (χ1) is 13.1. The van der Waals surface area contributed by atoms with Crippen LogP contribution in [0, 0.1) is 10.8 Å². The molecule has 2 aliphatic rings. The lowest BCUT2D eigenvalue weighted by atomic mass is 9.81. The second kappa shape index (κ2) is 9.95. The minimum atomic E-state index is -0.433. The van der Waals surface area contributed by atoms with Crippen LogP contribution < -0.4 is 0 Å². The average Bonchev–Trinajstić information content (AvgIpc) is 2.55. The summed E-state index contributed by atoms with van der Waals surface area (Å²) in [5, 5.41) is 0. The molecule has 5 heteroatoms. The summed E-state index contributed by atoms with van der Waals surface area (Å²) in [5.74, 6) is 0.318. The predicted molar refractivity (Wildman–Crippen MR) is 113 cm³/mol. The largest absolute Gasteiger partial charge is 0.376 e. The summed E-state index contributed by atoms with van der Waals surface area (Å²) < 4.78 is 5.93. The summed E-state index contributed by atoms with van der Waals surface area (Å²) >= 11 is 0. The number of morpholine rings is 1. The molecule has 0 aliphatic carbocycles. The van der Waals surface area contributed by atoms with E-state index in [1.807, 2.05) is 46.8 Å². The molecule has 158 valence electrons. The Morgan fingerprint density at radius 2 is 1.54 bits per heavy atom. The van der Waals surface area contributed by atoms with E-state index in [0.29, 0.717) is 13.0 Å². The molecule has 28 heavy (non-hydrogen) atoms. The third kappa shape index (κ3) is 7.26. The molecule has 2 saturated heterocycles. The number of hydrogen-bond acceptors (Lipinski definition) is 5. The van der Waals surface area contributed by atoms with E-state index in [2.05, 4.69) is 9.80 Å². The van der Waals surface area contributed by atoms with Gasteiger partial charge in [0.25, 0.3) is 0 Å². The Kier molecular flexibility index (Phi) is 8.17. The van der Waals surface area contributed by atoms with Crippen LogP contribution in [0.4, 0.5) is 0 Å². The van der Waals surface area contributed by atoms with Crippen LogP contribution in [0.2, 0.25) is 0 Å². The van der Waals surface area contributed by atoms with Crippen molar-refractivity contribution in [2.24, 2.45) is 10.8 Å². The molecule has 0 saturated carbocycles. The molecule has 2 fully saturated rings. The van der Waals surface area contributed by atoms with Crippen molar-refractivity contribution in [2.45, 2.75) is 53.6 Å². The molecule has 0 aromatic rings. The smallest absolute Gasteiger partial charge is 0.161 e. The first-order valence-electron chi connectivity index (χ1n) is 10.6. The van der Waals surface area contributed by atoms with Gasteiger partial charge in [0.2, 0.25) is 0 Å². The molecule has 2 aliphatic heterocycles. The highest BCUT2D eigenvalue weighted by Gasteiger charge is 2.32. The van der Waals surface area contributed by atoms with Crippen molar-refractivity contribution in [3.8, 4) is 0 Å². The van der Waals surface area contributed by atoms with Gasteiger partial charge in [0.15, 0.2) is 11.6 Å². The van der Waals surface area contributed by atoms with Gasteiger partial charge in [-0.05, 0) is 38.1 Å². The minimum Gasteiger partial charge on any atom is -0.376 e. The highest BCUT2D eigenvalue weighted by molar-refractivity contribution is 5.94. The maximum absolute atomic E-state index is 12.6. The molecule has 0 N–H and O–H groups in total. The number of carbonyl (C=O) groups is 2. The molecular weight excluding hydrogens is 352 g/mol. The molecule has 0 aromatic heterocycles. The Morgan fingerprint density at radius 3 is 2.11 bits per heavy atom. The SMILES string of the molecule is CC(C)(C)C(=O)/C=C/CN1CCOC(CC(C)(C)C(=O)/C=C/CN2CCC2)C1. The molecule has 1 unspecified atom stereocenters. The van der Waals surface area contributed by atoms with Crippen LogP contribution in [0.5, 0.6) is 0 Å². The molecule has 2 heterocycles. The van der Waals surface area contributed by atoms with Gasteiger partial charge >= 0.3 is 0 Å². The third-order valence-corrected chi connectivity index (χ3v) is 5.58. The van der Waals surface area contributed by atoms with Gasteiger partial charge in [-0.2, -0.15) is 0 Å². The monoisotopic (exact) mass is 390 g/mol. The topological polar surface area (TPSA) is 49.9 Å². The van der Waals surface area contributed by atoms with Gasteiger partial charge in [-0.1, -0.05) is 46.8 Å². The number of ether oxygens (including phenoxy) is 1. The summed E-state index contributed by atoms with van der Waals surface area (Å²) in [5.41, 5.74) is -0.769. The summed E-state index contributed by atoms with van der Waals surface area (Å²) in [4.78, 5) is 29.3. The van der Waals surface area contributed by atoms with Crippen molar-refractivity contribution in [1.82, 2.24) is 9.80 Å². The van der Waals surface area contributed by atoms with Gasteiger partial charge in [0.1, 0.15) is 0 Å². The number of nitrogens with zero attached hydrogens (tertiary/aromatic N) is 2. The van der Waals surface area contributed by atoms with E-state index in [9.17, 15) is 9.59 Å². The highest BCUT2D eigenvalue weighted by Crippen LogP contribution is 2.27. The van der Waals surface area contributed by atoms with E-state index in [0.717, 1.165) is 39.3 Å². The standard InChI is InChI=1S/C23H38N2O3/c1-22(2,3)20(26)9-6-12-25-15-16-28-19(18-25)17-23(4,5)21(27)10-7-11-24-13-8-14-24/h6-7,9-10,19H,8,11-18H2,1-5H3/b9-6+,10-7+. The van der Waals surface area contributed by atoms with Crippen molar-refractivity contribution < 1.29 is 14.3 Å². The van der Waals surface area contributed by atoms with E-state index in [4.69, 9.17) is 4.74 Å². The van der Waals surface area contributed by atoms with Crippen LogP contribution in [0.1, 0.15) is 47.5 Å². The zero-order chi connectivity index (χ0) is 20.8. The molecule has 5 nitrogen and oxygen atoms in total. The fourth-order valence-corrected chi connectivity index (χ4v) is 3.40. The molecule has 0 bridgehead atoms. The van der Waals surface area contributed by atoms with Crippen LogP contribution in [0.15, 0.2) is 24.3 Å². The Hall–Kier alpha value is -1.30. The van der Waals surface area contributed by atoms with Gasteiger partial charge in [-0.3, -0.25) is 19.4 Å². The average molecular weight is 391 g/mol. The normalized spacial score (nSPS) is 22.7. The van der Waals surface area contributed by atoms with Crippen molar-refractivity contribution in [2.75, 3.05) is 45.9 Å². The van der Waals surface area contributed by atoms with Gasteiger partial charge < -0.3 is 4.74 Å². The first-order valence-corrected chi connectivity index (χ1v) is 10.6. The Bertz CT molecular complexity index is 597. The van der Waals surface area contributed by atoms with Crippen LogP contribution in [-0.4, -0.2) is 73.3 Å². The van der Waals surface area contributed by atoms with Gasteiger partial charge in [0, 0.05) is 37.0 Å². The lowest BCUT2D eigenvalue weighted by molar-refractivity contribution is -0.125. The van der Waals surface area contributed by atoms with Crippen molar-refractivity contribution in [1.29, 1.82) is 0 Å². The quantitative estimate of drug-likeness (QED) is 0.566. The zero-order valence-corrected chi connectivity index (χ0v) is 18.4. The molecule has 0 spiro atoms. The number of rotatable bonds is 9. The Labute approximate surface area is 170 Å². The maximum atomic E-state index is 12.6. The van der Waals surface area contributed by atoms with E-state index < -0.39 is 5.41 Å². The molecule has 0 amide bonds. The summed E-state index contributed by atoms with van der Waals surface area (Å²) in [6.07, 6.45) is 9.41. The van der Waals surface area contributed by atoms with Gasteiger partial charge in [-0.15, -0.1) is 0 Å². The third-order valence-electron chi connectivity index (χ3n) is 5.58. The number of carbonyl (C=O) groups excluding carboxylic acids is 2. The van der Waals surface area contributed by atoms with Crippen molar-refractivity contribution in [3.63, 3.8) is 0 Å². The summed E-state index contributed by atoms with van der Waals surface area (Å²) in [6.45, 7) is 16.0. The lowest BCUT2D eigenvalue weighted by Crippen LogP contribution is -2.45. The fraction of sp³-hybridized carbons (Fsp3) is 0.739. The number of ketones is 2. The minimum absolute atomic E-state index is 0.0446. The van der Waals surface area contributed by atoms with Crippen LogP contribution >= 0.6 is 0 Å². The van der Waals surface area contributed by atoms with Crippen molar-refractivity contribution in [3.05, 3.63) is 24.3 Å². The fourth-order valence-electron chi connectivity index (χ4n) is 3.40. The summed E-state index contributed by atoms with van der Waals surface area (Å²) in [6, 6.07) is 0. The molecule has 0 radical (unpaired) electrons. The van der Waals surface area contributed by atoms with E-state index in [1.54, 1.807) is 12.2 Å². The molecule has 1 atom stereocenters. The molecule has 2 rings (SSSR count).